The first-order valence-electron chi connectivity index (χ1n) is 6.45. The van der Waals surface area contributed by atoms with Gasteiger partial charge < -0.3 is 4.74 Å². The molecule has 2 rings (SSSR count). The number of rotatable bonds is 5. The van der Waals surface area contributed by atoms with Gasteiger partial charge in [-0.05, 0) is 30.5 Å². The Labute approximate surface area is 108 Å². The molecule has 1 saturated heterocycles. The van der Waals surface area contributed by atoms with Gasteiger partial charge in [0.1, 0.15) is 11.8 Å². The molecule has 0 saturated carbocycles. The molecule has 1 aromatic rings. The van der Waals surface area contributed by atoms with Crippen LogP contribution < -0.4 is 10.2 Å². The van der Waals surface area contributed by atoms with Crippen LogP contribution >= 0.6 is 0 Å². The van der Waals surface area contributed by atoms with Crippen LogP contribution in [0.4, 0.5) is 0 Å². The number of benzene rings is 1. The van der Waals surface area contributed by atoms with Crippen molar-refractivity contribution in [3.8, 4) is 11.8 Å². The van der Waals surface area contributed by atoms with Crippen LogP contribution in [0.2, 0.25) is 0 Å². The second kappa shape index (κ2) is 7.00. The predicted molar refractivity (Wildman–Crippen MR) is 69.8 cm³/mol. The molecule has 0 spiro atoms. The van der Waals surface area contributed by atoms with Crippen LogP contribution in [0.15, 0.2) is 24.3 Å². The fourth-order valence-electron chi connectivity index (χ4n) is 2.12. The average Bonchev–Trinajstić information content (AvgIpc) is 2.44. The second-order valence-corrected chi connectivity index (χ2v) is 4.48. The first-order valence-corrected chi connectivity index (χ1v) is 6.45. The molecular formula is C14H19N3O. The summed E-state index contributed by atoms with van der Waals surface area (Å²) in [6.07, 6.45) is 3.90. The highest BCUT2D eigenvalue weighted by molar-refractivity contribution is 5.28. The summed E-state index contributed by atoms with van der Waals surface area (Å²) in [5, 5.41) is 10.8. The van der Waals surface area contributed by atoms with E-state index >= 15 is 0 Å². The summed E-state index contributed by atoms with van der Waals surface area (Å²) < 4.78 is 5.29. The Morgan fingerprint density at radius 1 is 1.28 bits per heavy atom. The smallest absolute Gasteiger partial charge is 0.174 e. The van der Waals surface area contributed by atoms with Crippen LogP contribution in [0.5, 0.6) is 5.75 Å². The van der Waals surface area contributed by atoms with Gasteiger partial charge in [0.25, 0.3) is 0 Å². The van der Waals surface area contributed by atoms with Crippen molar-refractivity contribution in [1.29, 1.82) is 5.26 Å². The van der Waals surface area contributed by atoms with Gasteiger partial charge in [0, 0.05) is 19.6 Å². The van der Waals surface area contributed by atoms with Gasteiger partial charge in [-0.3, -0.25) is 5.43 Å². The van der Waals surface area contributed by atoms with E-state index in [-0.39, 0.29) is 6.61 Å². The highest BCUT2D eigenvalue weighted by atomic mass is 16.5. The van der Waals surface area contributed by atoms with Crippen molar-refractivity contribution in [1.82, 2.24) is 10.4 Å². The maximum atomic E-state index is 8.48. The molecule has 0 atom stereocenters. The zero-order chi connectivity index (χ0) is 12.6. The third-order valence-corrected chi connectivity index (χ3v) is 3.06. The third-order valence-electron chi connectivity index (χ3n) is 3.06. The largest absolute Gasteiger partial charge is 0.479 e. The minimum atomic E-state index is 0.100. The third kappa shape index (κ3) is 4.02. The summed E-state index contributed by atoms with van der Waals surface area (Å²) in [6, 6.07) is 9.85. The maximum Gasteiger partial charge on any atom is 0.174 e. The standard InChI is InChI=1S/C14H19N3O/c15-7-10-18-14-6-4-5-13(11-14)12-16-17-8-2-1-3-9-17/h4-6,11,16H,1-3,8-10,12H2. The van der Waals surface area contributed by atoms with Crippen molar-refractivity contribution in [2.45, 2.75) is 25.8 Å². The lowest BCUT2D eigenvalue weighted by Gasteiger charge is -2.27. The fraction of sp³-hybridized carbons (Fsp3) is 0.500. The van der Waals surface area contributed by atoms with Crippen molar-refractivity contribution in [2.24, 2.45) is 0 Å². The summed E-state index contributed by atoms with van der Waals surface area (Å²) in [5.74, 6) is 0.759. The number of nitrogens with one attached hydrogen (secondary N) is 1. The Kier molecular flexibility index (Phi) is 5.00. The second-order valence-electron chi connectivity index (χ2n) is 4.48. The number of piperidine rings is 1. The molecule has 1 aliphatic heterocycles. The summed E-state index contributed by atoms with van der Waals surface area (Å²) in [6.45, 7) is 3.17. The van der Waals surface area contributed by atoms with Crippen LogP contribution in [0, 0.1) is 11.3 Å². The zero-order valence-electron chi connectivity index (χ0n) is 10.6. The van der Waals surface area contributed by atoms with E-state index in [4.69, 9.17) is 10.00 Å². The molecule has 1 N–H and O–H groups in total. The Morgan fingerprint density at radius 3 is 2.89 bits per heavy atom. The van der Waals surface area contributed by atoms with Crippen LogP contribution in [0.3, 0.4) is 0 Å². The molecule has 0 aromatic heterocycles. The molecule has 0 unspecified atom stereocenters. The monoisotopic (exact) mass is 245 g/mol. The number of hydrogen-bond acceptors (Lipinski definition) is 4. The first-order chi connectivity index (χ1) is 8.88. The average molecular weight is 245 g/mol. The SMILES string of the molecule is N#CCOc1cccc(CNN2CCCCC2)c1. The minimum Gasteiger partial charge on any atom is -0.479 e. The number of hydrazine groups is 1. The van der Waals surface area contributed by atoms with E-state index in [0.717, 1.165) is 25.4 Å². The first kappa shape index (κ1) is 12.9. The number of nitrogens with zero attached hydrogens (tertiary/aromatic N) is 2. The lowest BCUT2D eigenvalue weighted by Crippen LogP contribution is -2.41. The van der Waals surface area contributed by atoms with Crippen LogP contribution in [0.1, 0.15) is 24.8 Å². The van der Waals surface area contributed by atoms with Gasteiger partial charge in [0.2, 0.25) is 0 Å². The molecular weight excluding hydrogens is 226 g/mol. The van der Waals surface area contributed by atoms with E-state index in [1.165, 1.54) is 24.8 Å². The van der Waals surface area contributed by atoms with Gasteiger partial charge in [-0.1, -0.05) is 18.6 Å². The molecule has 0 aliphatic carbocycles. The number of hydrogen-bond donors (Lipinski definition) is 1. The number of ether oxygens (including phenoxy) is 1. The van der Waals surface area contributed by atoms with Gasteiger partial charge in [0.05, 0.1) is 0 Å². The molecule has 0 radical (unpaired) electrons. The lowest BCUT2D eigenvalue weighted by molar-refractivity contribution is 0.151. The summed E-state index contributed by atoms with van der Waals surface area (Å²) in [4.78, 5) is 0. The topological polar surface area (TPSA) is 48.3 Å². The predicted octanol–water partition coefficient (Wildman–Crippen LogP) is 2.08. The molecule has 4 nitrogen and oxygen atoms in total. The van der Waals surface area contributed by atoms with Crippen LogP contribution in [-0.2, 0) is 6.54 Å². The van der Waals surface area contributed by atoms with E-state index in [0.29, 0.717) is 0 Å². The summed E-state index contributed by atoms with van der Waals surface area (Å²) in [5.41, 5.74) is 4.61. The van der Waals surface area contributed by atoms with Crippen LogP contribution in [0.25, 0.3) is 0 Å². The highest BCUT2D eigenvalue weighted by Crippen LogP contribution is 2.13. The molecule has 1 heterocycles. The highest BCUT2D eigenvalue weighted by Gasteiger charge is 2.08. The van der Waals surface area contributed by atoms with E-state index in [1.807, 2.05) is 24.3 Å². The van der Waals surface area contributed by atoms with Crippen molar-refractivity contribution in [3.63, 3.8) is 0 Å². The number of nitriles is 1. The van der Waals surface area contributed by atoms with Gasteiger partial charge >= 0.3 is 0 Å². The fourth-order valence-corrected chi connectivity index (χ4v) is 2.12. The van der Waals surface area contributed by atoms with Gasteiger partial charge in [-0.15, -0.1) is 0 Å². The normalized spacial score (nSPS) is 16.2. The van der Waals surface area contributed by atoms with E-state index in [1.54, 1.807) is 0 Å². The Balaban J connectivity index is 1.82. The Hall–Kier alpha value is -1.57. The van der Waals surface area contributed by atoms with Gasteiger partial charge in [-0.25, -0.2) is 5.01 Å². The molecule has 18 heavy (non-hydrogen) atoms. The molecule has 1 aromatic carbocycles. The molecule has 1 aliphatic rings. The summed E-state index contributed by atoms with van der Waals surface area (Å²) in [7, 11) is 0. The molecule has 0 bridgehead atoms. The zero-order valence-corrected chi connectivity index (χ0v) is 10.6. The Morgan fingerprint density at radius 2 is 2.11 bits per heavy atom. The van der Waals surface area contributed by atoms with Crippen LogP contribution in [-0.4, -0.2) is 24.7 Å². The Bertz CT molecular complexity index is 408. The molecule has 96 valence electrons. The molecule has 1 fully saturated rings. The molecule has 0 amide bonds. The van der Waals surface area contributed by atoms with Crippen molar-refractivity contribution >= 4 is 0 Å². The van der Waals surface area contributed by atoms with Crippen molar-refractivity contribution < 1.29 is 4.74 Å². The molecule has 4 heteroatoms. The summed E-state index contributed by atoms with van der Waals surface area (Å²) >= 11 is 0. The maximum absolute atomic E-state index is 8.48. The van der Waals surface area contributed by atoms with E-state index < -0.39 is 0 Å². The quantitative estimate of drug-likeness (QED) is 0.863. The van der Waals surface area contributed by atoms with E-state index in [9.17, 15) is 0 Å². The van der Waals surface area contributed by atoms with Gasteiger partial charge in [-0.2, -0.15) is 5.26 Å². The van der Waals surface area contributed by atoms with Gasteiger partial charge in [0.15, 0.2) is 6.61 Å². The van der Waals surface area contributed by atoms with E-state index in [2.05, 4.69) is 16.5 Å². The van der Waals surface area contributed by atoms with Crippen molar-refractivity contribution in [2.75, 3.05) is 19.7 Å². The minimum absolute atomic E-state index is 0.100. The van der Waals surface area contributed by atoms with Crippen molar-refractivity contribution in [3.05, 3.63) is 29.8 Å². The lowest BCUT2D eigenvalue weighted by atomic mass is 10.2.